The number of rotatable bonds is 2. The average molecular weight is 222 g/mol. The summed E-state index contributed by atoms with van der Waals surface area (Å²) < 4.78 is 0. The van der Waals surface area contributed by atoms with Crippen molar-refractivity contribution in [2.24, 2.45) is 0 Å². The van der Waals surface area contributed by atoms with E-state index >= 15 is 0 Å². The summed E-state index contributed by atoms with van der Waals surface area (Å²) in [5.74, 6) is -0.527. The number of carboxylic acid groups (broad SMARTS) is 1. The van der Waals surface area contributed by atoms with Gasteiger partial charge >= 0.3 is 5.97 Å². The molecule has 1 atom stereocenters. The highest BCUT2D eigenvalue weighted by Gasteiger charge is 2.21. The van der Waals surface area contributed by atoms with E-state index in [0.29, 0.717) is 5.95 Å². The van der Waals surface area contributed by atoms with Gasteiger partial charge in [0, 0.05) is 31.9 Å². The Morgan fingerprint density at radius 3 is 3.19 bits per heavy atom. The summed E-state index contributed by atoms with van der Waals surface area (Å²) in [5, 5.41) is 12.1. The zero-order valence-corrected chi connectivity index (χ0v) is 9.05. The number of hydrogen-bond acceptors (Lipinski definition) is 5. The average Bonchev–Trinajstić information content (AvgIpc) is 2.30. The van der Waals surface area contributed by atoms with Gasteiger partial charge in [-0.05, 0) is 13.0 Å². The van der Waals surface area contributed by atoms with Gasteiger partial charge in [-0.25, -0.2) is 14.8 Å². The number of anilines is 1. The maximum absolute atomic E-state index is 10.8. The van der Waals surface area contributed by atoms with Crippen LogP contribution in [0, 0.1) is 0 Å². The minimum absolute atomic E-state index is 0.0377. The third-order valence-electron chi connectivity index (χ3n) is 2.62. The molecule has 6 nitrogen and oxygen atoms in total. The molecule has 86 valence electrons. The van der Waals surface area contributed by atoms with Crippen LogP contribution in [0.3, 0.4) is 0 Å². The van der Waals surface area contributed by atoms with E-state index in [9.17, 15) is 4.79 Å². The molecular formula is C10H14N4O2. The number of carbonyl (C=O) groups is 1. The largest absolute Gasteiger partial charge is 0.477 e. The Morgan fingerprint density at radius 1 is 1.69 bits per heavy atom. The van der Waals surface area contributed by atoms with Gasteiger partial charge < -0.3 is 15.3 Å². The number of carboxylic acids is 1. The van der Waals surface area contributed by atoms with Crippen LogP contribution >= 0.6 is 0 Å². The van der Waals surface area contributed by atoms with E-state index in [0.717, 1.165) is 19.6 Å². The van der Waals surface area contributed by atoms with E-state index in [1.807, 2.05) is 4.90 Å². The first-order chi connectivity index (χ1) is 7.68. The quantitative estimate of drug-likeness (QED) is 0.731. The molecule has 2 rings (SSSR count). The smallest absolute Gasteiger partial charge is 0.354 e. The summed E-state index contributed by atoms with van der Waals surface area (Å²) in [4.78, 5) is 21.0. The van der Waals surface area contributed by atoms with Crippen LogP contribution in [0.4, 0.5) is 5.95 Å². The van der Waals surface area contributed by atoms with Crippen molar-refractivity contribution in [1.82, 2.24) is 15.3 Å². The highest BCUT2D eigenvalue weighted by Crippen LogP contribution is 2.12. The van der Waals surface area contributed by atoms with E-state index in [-0.39, 0.29) is 11.7 Å². The van der Waals surface area contributed by atoms with Gasteiger partial charge in [-0.1, -0.05) is 0 Å². The van der Waals surface area contributed by atoms with Gasteiger partial charge in [0.05, 0.1) is 0 Å². The molecule has 1 fully saturated rings. The summed E-state index contributed by atoms with van der Waals surface area (Å²) in [5.41, 5.74) is 0.0377. The summed E-state index contributed by atoms with van der Waals surface area (Å²) in [7, 11) is 0. The molecule has 0 bridgehead atoms. The maximum Gasteiger partial charge on any atom is 0.354 e. The van der Waals surface area contributed by atoms with Gasteiger partial charge in [0.1, 0.15) is 0 Å². The van der Waals surface area contributed by atoms with Crippen molar-refractivity contribution in [3.8, 4) is 0 Å². The van der Waals surface area contributed by atoms with E-state index in [1.54, 1.807) is 0 Å². The fourth-order valence-electron chi connectivity index (χ4n) is 1.74. The standard InChI is InChI=1S/C10H14N4O2/c1-7-6-11-4-5-14(7)10-12-3-2-8(13-10)9(15)16/h2-3,7,11H,4-6H2,1H3,(H,15,16). The number of piperazine rings is 1. The van der Waals surface area contributed by atoms with E-state index < -0.39 is 5.97 Å². The Balaban J connectivity index is 2.25. The Morgan fingerprint density at radius 2 is 2.50 bits per heavy atom. The predicted molar refractivity (Wildman–Crippen MR) is 58.7 cm³/mol. The van der Waals surface area contributed by atoms with Crippen molar-refractivity contribution >= 4 is 11.9 Å². The fraction of sp³-hybridized carbons (Fsp3) is 0.500. The molecule has 16 heavy (non-hydrogen) atoms. The first kappa shape index (κ1) is 10.8. The van der Waals surface area contributed by atoms with Crippen molar-refractivity contribution in [3.05, 3.63) is 18.0 Å². The second-order valence-corrected chi connectivity index (χ2v) is 3.79. The molecule has 1 unspecified atom stereocenters. The van der Waals surface area contributed by atoms with Crippen LogP contribution in [0.2, 0.25) is 0 Å². The number of nitrogens with zero attached hydrogens (tertiary/aromatic N) is 3. The van der Waals surface area contributed by atoms with Crippen molar-refractivity contribution in [2.75, 3.05) is 24.5 Å². The first-order valence-electron chi connectivity index (χ1n) is 5.22. The zero-order chi connectivity index (χ0) is 11.5. The second-order valence-electron chi connectivity index (χ2n) is 3.79. The molecule has 1 aromatic heterocycles. The maximum atomic E-state index is 10.8. The summed E-state index contributed by atoms with van der Waals surface area (Å²) in [6.07, 6.45) is 1.49. The minimum Gasteiger partial charge on any atom is -0.477 e. The van der Waals surface area contributed by atoms with Gasteiger partial charge in [-0.2, -0.15) is 0 Å². The normalized spacial score (nSPS) is 20.8. The van der Waals surface area contributed by atoms with Gasteiger partial charge in [-0.15, -0.1) is 0 Å². The lowest BCUT2D eigenvalue weighted by molar-refractivity contribution is 0.0690. The minimum atomic E-state index is -1.02. The second kappa shape index (κ2) is 4.44. The number of hydrogen-bond donors (Lipinski definition) is 2. The Hall–Kier alpha value is -1.69. The Bertz CT molecular complexity index is 396. The summed E-state index contributed by atoms with van der Waals surface area (Å²) >= 11 is 0. The lowest BCUT2D eigenvalue weighted by atomic mass is 10.2. The van der Waals surface area contributed by atoms with Crippen molar-refractivity contribution in [2.45, 2.75) is 13.0 Å². The Labute approximate surface area is 93.3 Å². The fourth-order valence-corrected chi connectivity index (χ4v) is 1.74. The van der Waals surface area contributed by atoms with Crippen LogP contribution in [0.5, 0.6) is 0 Å². The highest BCUT2D eigenvalue weighted by molar-refractivity contribution is 5.85. The zero-order valence-electron chi connectivity index (χ0n) is 9.05. The molecule has 6 heteroatoms. The van der Waals surface area contributed by atoms with Crippen molar-refractivity contribution in [1.29, 1.82) is 0 Å². The van der Waals surface area contributed by atoms with Gasteiger partial charge in [0.25, 0.3) is 0 Å². The van der Waals surface area contributed by atoms with Crippen molar-refractivity contribution in [3.63, 3.8) is 0 Å². The molecule has 0 amide bonds. The summed E-state index contributed by atoms with van der Waals surface area (Å²) in [6, 6.07) is 1.68. The highest BCUT2D eigenvalue weighted by atomic mass is 16.4. The lowest BCUT2D eigenvalue weighted by Crippen LogP contribution is -2.50. The Kier molecular flexibility index (Phi) is 3.00. The topological polar surface area (TPSA) is 78.4 Å². The monoisotopic (exact) mass is 222 g/mol. The molecule has 0 aliphatic carbocycles. The van der Waals surface area contributed by atoms with E-state index in [4.69, 9.17) is 5.11 Å². The molecule has 1 saturated heterocycles. The first-order valence-corrected chi connectivity index (χ1v) is 5.22. The van der Waals surface area contributed by atoms with Crippen LogP contribution in [0.15, 0.2) is 12.3 Å². The molecule has 1 aliphatic heterocycles. The number of aromatic nitrogens is 2. The third kappa shape index (κ3) is 2.11. The third-order valence-corrected chi connectivity index (χ3v) is 2.62. The summed E-state index contributed by atoms with van der Waals surface area (Å²) in [6.45, 7) is 4.58. The molecule has 0 spiro atoms. The van der Waals surface area contributed by atoms with Gasteiger partial charge in [0.2, 0.25) is 5.95 Å². The molecule has 2 heterocycles. The van der Waals surface area contributed by atoms with Gasteiger partial charge in [-0.3, -0.25) is 0 Å². The lowest BCUT2D eigenvalue weighted by Gasteiger charge is -2.33. The SMILES string of the molecule is CC1CNCCN1c1nccc(C(=O)O)n1. The van der Waals surface area contributed by atoms with Crippen LogP contribution in [-0.4, -0.2) is 46.7 Å². The van der Waals surface area contributed by atoms with Crippen LogP contribution < -0.4 is 10.2 Å². The van der Waals surface area contributed by atoms with Crippen LogP contribution in [0.1, 0.15) is 17.4 Å². The van der Waals surface area contributed by atoms with E-state index in [2.05, 4.69) is 22.2 Å². The molecule has 1 aliphatic rings. The molecular weight excluding hydrogens is 208 g/mol. The van der Waals surface area contributed by atoms with Crippen LogP contribution in [0.25, 0.3) is 0 Å². The predicted octanol–water partition coefficient (Wildman–Crippen LogP) is -0.0271. The van der Waals surface area contributed by atoms with Gasteiger partial charge in [0.15, 0.2) is 5.69 Å². The number of nitrogens with one attached hydrogen (secondary N) is 1. The molecule has 0 saturated carbocycles. The molecule has 0 radical (unpaired) electrons. The van der Waals surface area contributed by atoms with E-state index in [1.165, 1.54) is 12.3 Å². The molecule has 2 N–H and O–H groups in total. The van der Waals surface area contributed by atoms with Crippen LogP contribution in [-0.2, 0) is 0 Å². The molecule has 1 aromatic rings. The number of aromatic carboxylic acids is 1. The van der Waals surface area contributed by atoms with Crippen molar-refractivity contribution < 1.29 is 9.90 Å². The molecule has 0 aromatic carbocycles.